The number of Topliss-reactive ketones (excluding diaryl/α,β-unsaturated/α-hetero) is 1. The lowest BCUT2D eigenvalue weighted by Gasteiger charge is -2.34. The van der Waals surface area contributed by atoms with Crippen LogP contribution in [-0.4, -0.2) is 126 Å². The van der Waals surface area contributed by atoms with Crippen LogP contribution in [0.2, 0.25) is 0 Å². The number of aliphatic hydroxyl groups excluding tert-OH is 1. The van der Waals surface area contributed by atoms with Gasteiger partial charge in [-0.3, -0.25) is 9.59 Å². The van der Waals surface area contributed by atoms with Gasteiger partial charge in [0.25, 0.3) is 0 Å². The number of pyridine rings is 2. The van der Waals surface area contributed by atoms with Gasteiger partial charge in [0.05, 0.1) is 93.2 Å². The molecule has 0 aliphatic heterocycles. The Hall–Kier alpha value is -11.4. The zero-order chi connectivity index (χ0) is 104. The highest BCUT2D eigenvalue weighted by atomic mass is 79.9. The van der Waals surface area contributed by atoms with E-state index < -0.39 is 24.9 Å². The Kier molecular flexibility index (Phi) is 41.4. The molecule has 0 bridgehead atoms. The third-order valence-corrected chi connectivity index (χ3v) is 29.6. The summed E-state index contributed by atoms with van der Waals surface area (Å²) in [6, 6.07) is 80.3. The molecular formula is C114H106BBr6F7N6O12. The van der Waals surface area contributed by atoms with Crippen molar-refractivity contribution in [2.45, 2.75) is 144 Å². The number of fused-ring (bicyclic) bond motifs is 2. The van der Waals surface area contributed by atoms with E-state index in [4.69, 9.17) is 33.8 Å². The quantitative estimate of drug-likeness (QED) is 0.0164. The number of aldehydes is 1. The number of ether oxygens (including phenoxy) is 5. The second-order valence-electron chi connectivity index (χ2n) is 35.4. The van der Waals surface area contributed by atoms with E-state index in [0.717, 1.165) is 77.5 Å². The fraction of sp³-hybridized carbons (Fsp3) is 0.246. The van der Waals surface area contributed by atoms with E-state index in [2.05, 4.69) is 151 Å². The second kappa shape index (κ2) is 54.0. The van der Waals surface area contributed by atoms with Crippen LogP contribution in [0, 0.1) is 40.7 Å². The third-order valence-electron chi connectivity index (χ3n) is 26.0. The molecule has 32 heteroatoms. The fourth-order valence-electron chi connectivity index (χ4n) is 17.5. The molecule has 5 aliphatic carbocycles. The molecule has 0 atom stereocenters. The Morgan fingerprint density at radius 1 is 0.404 bits per heavy atom. The predicted molar refractivity (Wildman–Crippen MR) is 579 cm³/mol. The first-order valence-corrected chi connectivity index (χ1v) is 51.7. The Labute approximate surface area is 893 Å². The zero-order valence-electron chi connectivity index (χ0n) is 80.2. The minimum absolute atomic E-state index is 0.0781. The molecule has 0 spiro atoms. The number of halogens is 13. The molecule has 5 N–H and O–H groups in total. The van der Waals surface area contributed by atoms with Gasteiger partial charge in [0.15, 0.2) is 17.9 Å². The summed E-state index contributed by atoms with van der Waals surface area (Å²) in [5.74, 6) is -0.0959. The number of nitrogens with one attached hydrogen (secondary N) is 2. The van der Waals surface area contributed by atoms with Crippen LogP contribution in [0.15, 0.2) is 307 Å². The summed E-state index contributed by atoms with van der Waals surface area (Å²) in [7, 11) is 6.05. The summed E-state index contributed by atoms with van der Waals surface area (Å²) in [6.45, 7) is 5.81. The molecule has 0 unspecified atom stereocenters. The lowest BCUT2D eigenvalue weighted by Crippen LogP contribution is -2.30. The van der Waals surface area contributed by atoms with Gasteiger partial charge in [-0.15, -0.1) is 0 Å². The van der Waals surface area contributed by atoms with Gasteiger partial charge >= 0.3 is 19.1 Å². The molecule has 5 aliphatic rings. The van der Waals surface area contributed by atoms with Gasteiger partial charge in [0.1, 0.15) is 46.5 Å². The van der Waals surface area contributed by atoms with E-state index in [-0.39, 0.29) is 87.4 Å². The van der Waals surface area contributed by atoms with E-state index in [9.17, 15) is 55.6 Å². The average molecular weight is 2380 g/mol. The number of anilines is 2. The van der Waals surface area contributed by atoms with E-state index in [1.165, 1.54) is 32.6 Å². The largest absolute Gasteiger partial charge is 0.505 e. The number of rotatable bonds is 24. The number of aliphatic hydroxyl groups is 1. The first kappa shape index (κ1) is 112. The molecule has 758 valence electrons. The van der Waals surface area contributed by atoms with E-state index in [1.807, 2.05) is 146 Å². The lowest BCUT2D eigenvalue weighted by molar-refractivity contribution is -0.124. The normalized spacial score (nSPS) is 17.1. The van der Waals surface area contributed by atoms with Crippen molar-refractivity contribution in [3.8, 4) is 11.3 Å². The number of methoxy groups -OCH3 is 5. The van der Waals surface area contributed by atoms with Gasteiger partial charge in [0, 0.05) is 112 Å². The average Bonchev–Trinajstić information content (AvgIpc) is 1.60. The number of hydrogen-bond donors (Lipinski definition) is 5. The third kappa shape index (κ3) is 28.8. The molecule has 5 saturated carbocycles. The number of ketones is 1. The zero-order valence-corrected chi connectivity index (χ0v) is 89.7. The molecule has 11 aromatic carbocycles. The van der Waals surface area contributed by atoms with Crippen molar-refractivity contribution in [2.75, 3.05) is 45.3 Å². The Bertz CT molecular complexity index is 6760. The first-order valence-electron chi connectivity index (χ1n) is 46.9. The Morgan fingerprint density at radius 3 is 1.03 bits per heavy atom. The molecule has 0 amide bonds. The maximum Gasteiger partial charge on any atom is 0.505 e. The lowest BCUT2D eigenvalue weighted by atomic mass is 9.77. The number of nitrogens with zero attached hydrogens (tertiary/aromatic N) is 4. The first-order chi connectivity index (χ1) is 70.4. The van der Waals surface area contributed by atoms with Crippen molar-refractivity contribution in [1.82, 2.24) is 19.9 Å². The maximum absolute atomic E-state index is 16.0. The minimum Gasteiger partial charge on any atom is -0.465 e. The Balaban J connectivity index is 0.000000149. The number of aromatic nitrogens is 4. The number of carbonyl (C=O) groups is 4. The summed E-state index contributed by atoms with van der Waals surface area (Å²) in [4.78, 5) is 65.9. The number of hydrogen-bond acceptors (Lipinski definition) is 16. The van der Waals surface area contributed by atoms with Crippen molar-refractivity contribution in [1.29, 1.82) is 0 Å². The van der Waals surface area contributed by atoms with Gasteiger partial charge in [0.2, 0.25) is 0 Å². The highest BCUT2D eigenvalue weighted by Crippen LogP contribution is 2.47. The van der Waals surface area contributed by atoms with Gasteiger partial charge in [-0.1, -0.05) is 213 Å². The highest BCUT2D eigenvalue weighted by Gasteiger charge is 2.38. The van der Waals surface area contributed by atoms with Gasteiger partial charge in [-0.05, 0) is 281 Å². The molecule has 0 radical (unpaired) electrons. The summed E-state index contributed by atoms with van der Waals surface area (Å²) >= 11 is 18.7. The molecule has 15 aromatic rings. The fourth-order valence-corrected chi connectivity index (χ4v) is 19.7. The molecule has 146 heavy (non-hydrogen) atoms. The molecule has 20 rings (SSSR count). The molecular weight excluding hydrogens is 2270 g/mol. The van der Waals surface area contributed by atoms with Crippen LogP contribution in [0.25, 0.3) is 39.1 Å². The van der Waals surface area contributed by atoms with E-state index in [0.29, 0.717) is 176 Å². The van der Waals surface area contributed by atoms with Crippen molar-refractivity contribution >= 4 is 172 Å². The summed E-state index contributed by atoms with van der Waals surface area (Å²) in [5.41, 5.74) is 11.7. The second-order valence-corrected chi connectivity index (χ2v) is 40.5. The topological polar surface area (TPSA) is 239 Å². The van der Waals surface area contributed by atoms with Crippen LogP contribution in [-0.2, 0) is 54.7 Å². The Morgan fingerprint density at radius 2 is 0.712 bits per heavy atom. The molecule has 5 fully saturated rings. The predicted octanol–water partition coefficient (Wildman–Crippen LogP) is 27.9. The van der Waals surface area contributed by atoms with Crippen molar-refractivity contribution in [3.05, 3.63) is 420 Å². The number of aromatic amines is 2. The van der Waals surface area contributed by atoms with Crippen molar-refractivity contribution in [3.63, 3.8) is 0 Å². The SMILES string of the molecule is C=Cc1cccc(Br)c1F.COC(=O)c1cnc(N(Cc2ccccc2)Cc2ccccc2)c2[nH]c(-c3cccc(C4CC(OC)C4)c3F)cc12.COC(=O)c1cnc(N(Cc2ccccc2)Cc2ccccc2)c2[nH]c(B(O)O)cc12.COC1CC(c2cccc(Br)c2F)C1.COC1CC(c2cccc(Br)c2F)C1.O=C1CC(c2cccc(Br)c2F)C1.O=Cc1cccc(Br)c1F.OC1CC(c2cccc(Br)c2F)C1. The van der Waals surface area contributed by atoms with Crippen LogP contribution >= 0.6 is 95.6 Å². The van der Waals surface area contributed by atoms with Crippen molar-refractivity contribution < 1.29 is 88.7 Å². The standard InChI is InChI=1S/C34H32FN3O3.C23H22BN3O4.2C11H12BrFO.C10H10BrFO.C10H8BrFO.C8H6BrF.C7H4BrFO/c1-40-25-16-24(17-25)26-14-9-15-27(31(26)35)30-18-28-29(34(39)41-2)19-36-33(32(28)37-30)38(20-22-10-5-3-6-11-22)21-23-12-7-4-8-13-23;1-31-23(28)19-13-25-22(21-18(19)12-20(26-21)24(29)30)27(14-16-8-4-2-5-9-16)15-17-10-6-3-7-11-17;2*1-14-8-5-7(6-8)9-3-2-4-10(12)11(9)13;2*11-9-3-1-2-8(10(9)12)6-4-7(13)5-6;1-2-6-4-3-5-7(9)8(6)10;8-6-3-1-2-5(4-10)7(6)9/h3-15,18-19,24-25,37H,16-17,20-21H2,1-2H3;2-13,26,29-30H,14-15H2,1H3;2*2-4,7-8H,5-6H2,1H3;1-3,6-7,13H,4-5H2;1-3,6H,4-5H2;2-5H,1H2;1-4H. The van der Waals surface area contributed by atoms with Crippen LogP contribution in [0.3, 0.4) is 0 Å². The molecule has 0 saturated heterocycles. The smallest absolute Gasteiger partial charge is 0.465 e. The van der Waals surface area contributed by atoms with E-state index >= 15 is 4.39 Å². The van der Waals surface area contributed by atoms with Gasteiger partial charge in [-0.2, -0.15) is 0 Å². The van der Waals surface area contributed by atoms with Crippen LogP contribution < -0.4 is 15.4 Å². The maximum atomic E-state index is 16.0. The van der Waals surface area contributed by atoms with Crippen LogP contribution in [0.4, 0.5) is 42.4 Å². The highest BCUT2D eigenvalue weighted by molar-refractivity contribution is 9.11. The molecule has 4 heterocycles. The number of esters is 2. The van der Waals surface area contributed by atoms with Gasteiger partial charge < -0.3 is 58.6 Å². The molecule has 18 nitrogen and oxygen atoms in total. The van der Waals surface area contributed by atoms with Gasteiger partial charge in [-0.25, -0.2) is 50.3 Å². The summed E-state index contributed by atoms with van der Waals surface area (Å²) in [6.07, 6.45) is 13.3. The molecule has 4 aromatic heterocycles. The van der Waals surface area contributed by atoms with Crippen molar-refractivity contribution in [2.24, 2.45) is 0 Å². The monoisotopic (exact) mass is 2370 g/mol. The minimum atomic E-state index is -1.71. The number of benzene rings is 11. The summed E-state index contributed by atoms with van der Waals surface area (Å²) < 4.78 is 124. The summed E-state index contributed by atoms with van der Waals surface area (Å²) in [5, 5.41) is 29.6. The number of H-pyrrole nitrogens is 2. The number of carbonyl (C=O) groups excluding carboxylic acids is 4. The van der Waals surface area contributed by atoms with E-state index in [1.54, 1.807) is 112 Å². The van der Waals surface area contributed by atoms with Crippen LogP contribution in [0.5, 0.6) is 0 Å². The van der Waals surface area contributed by atoms with Crippen LogP contribution in [0.1, 0.15) is 181 Å².